The van der Waals surface area contributed by atoms with Gasteiger partial charge < -0.3 is 9.47 Å². The van der Waals surface area contributed by atoms with Gasteiger partial charge in [0.25, 0.3) is 0 Å². The number of ether oxygens (including phenoxy) is 2. The third-order valence-electron chi connectivity index (χ3n) is 6.72. The van der Waals surface area contributed by atoms with E-state index < -0.39 is 0 Å². The third kappa shape index (κ3) is 2.94. The number of rotatable bonds is 1. The minimum atomic E-state index is 0.301. The lowest BCUT2D eigenvalue weighted by Crippen LogP contribution is -2.37. The van der Waals surface area contributed by atoms with E-state index >= 15 is 0 Å². The number of benzene rings is 4. The highest BCUT2D eigenvalue weighted by Crippen LogP contribution is 2.47. The normalized spacial score (nSPS) is 21.4. The Bertz CT molecular complexity index is 1150. The van der Waals surface area contributed by atoms with Gasteiger partial charge in [0.05, 0.1) is 13.2 Å². The Hall–Kier alpha value is -2.71. The number of fused-ring (bicyclic) bond motifs is 7. The number of hydrogen-bond acceptors (Lipinski definition) is 2. The van der Waals surface area contributed by atoms with Crippen LogP contribution in [0.3, 0.4) is 0 Å². The van der Waals surface area contributed by atoms with Crippen molar-refractivity contribution in [3.05, 3.63) is 72.8 Å². The summed E-state index contributed by atoms with van der Waals surface area (Å²) in [5, 5.41) is 5.10. The Kier molecular flexibility index (Phi) is 4.35. The van der Waals surface area contributed by atoms with Crippen LogP contribution in [-0.2, 0) is 0 Å². The highest BCUT2D eigenvalue weighted by molar-refractivity contribution is 6.21. The first-order valence-corrected chi connectivity index (χ1v) is 11.1. The Balaban J connectivity index is 1.60. The Morgan fingerprint density at radius 1 is 0.600 bits per heavy atom. The molecular weight excluding hydrogens is 392 g/mol. The molecule has 0 bridgehead atoms. The summed E-state index contributed by atoms with van der Waals surface area (Å²) in [5.41, 5.74) is 2.26. The first-order valence-electron chi connectivity index (χ1n) is 10.7. The van der Waals surface area contributed by atoms with Crippen molar-refractivity contribution in [3.63, 3.8) is 0 Å². The van der Waals surface area contributed by atoms with Crippen LogP contribution in [0.5, 0.6) is 11.5 Å². The van der Waals surface area contributed by atoms with Crippen molar-refractivity contribution in [1.82, 2.24) is 0 Å². The molecule has 1 saturated carbocycles. The zero-order chi connectivity index (χ0) is 20.1. The first-order chi connectivity index (χ1) is 14.8. The highest BCUT2D eigenvalue weighted by atomic mass is 35.5. The van der Waals surface area contributed by atoms with Gasteiger partial charge in [0.15, 0.2) is 0 Å². The van der Waals surface area contributed by atoms with Crippen LogP contribution in [0.15, 0.2) is 72.8 Å². The average molecular weight is 415 g/mol. The summed E-state index contributed by atoms with van der Waals surface area (Å²) in [6.45, 7) is 1.32. The van der Waals surface area contributed by atoms with Gasteiger partial charge in [0, 0.05) is 22.4 Å². The quantitative estimate of drug-likeness (QED) is 0.310. The molecule has 0 spiro atoms. The molecule has 0 saturated heterocycles. The zero-order valence-electron chi connectivity index (χ0n) is 16.7. The predicted octanol–water partition coefficient (Wildman–Crippen LogP) is 7.06. The fourth-order valence-electron chi connectivity index (χ4n) is 4.95. The molecule has 0 unspecified atom stereocenters. The topological polar surface area (TPSA) is 18.5 Å². The lowest BCUT2D eigenvalue weighted by Gasteiger charge is -2.36. The second kappa shape index (κ2) is 7.21. The van der Waals surface area contributed by atoms with Crippen LogP contribution in [-0.4, -0.2) is 18.6 Å². The van der Waals surface area contributed by atoms with Crippen LogP contribution in [0.4, 0.5) is 0 Å². The van der Waals surface area contributed by atoms with E-state index in [4.69, 9.17) is 21.1 Å². The SMILES string of the molecule is ClC1CC(C2COc3ccc4ccccc4c3-c3c(ccc4ccccc34)OC2)C1. The van der Waals surface area contributed by atoms with E-state index in [2.05, 4.69) is 72.8 Å². The van der Waals surface area contributed by atoms with Crippen molar-refractivity contribution in [3.8, 4) is 22.6 Å². The van der Waals surface area contributed by atoms with Gasteiger partial charge >= 0.3 is 0 Å². The van der Waals surface area contributed by atoms with Crippen molar-refractivity contribution < 1.29 is 9.47 Å². The number of hydrogen-bond donors (Lipinski definition) is 0. The summed E-state index contributed by atoms with van der Waals surface area (Å²) >= 11 is 6.28. The Labute approximate surface area is 181 Å². The molecule has 0 N–H and O–H groups in total. The van der Waals surface area contributed by atoms with E-state index in [-0.39, 0.29) is 0 Å². The molecule has 0 radical (unpaired) electrons. The fourth-order valence-corrected chi connectivity index (χ4v) is 5.40. The molecule has 0 amide bonds. The molecule has 0 atom stereocenters. The minimum Gasteiger partial charge on any atom is -0.492 e. The minimum absolute atomic E-state index is 0.301. The zero-order valence-corrected chi connectivity index (χ0v) is 17.4. The molecule has 6 rings (SSSR count). The van der Waals surface area contributed by atoms with Crippen LogP contribution >= 0.6 is 11.6 Å². The summed E-state index contributed by atoms with van der Waals surface area (Å²) in [5.74, 6) is 2.78. The highest BCUT2D eigenvalue weighted by Gasteiger charge is 2.35. The van der Waals surface area contributed by atoms with E-state index in [0.717, 1.165) is 35.5 Å². The third-order valence-corrected chi connectivity index (χ3v) is 7.08. The summed E-state index contributed by atoms with van der Waals surface area (Å²) < 4.78 is 13.0. The molecule has 0 aromatic heterocycles. The fraction of sp³-hybridized carbons (Fsp3) is 0.259. The molecule has 2 aliphatic rings. The summed E-state index contributed by atoms with van der Waals surface area (Å²) in [6.07, 6.45) is 2.10. The molecule has 3 heteroatoms. The lowest BCUT2D eigenvalue weighted by atomic mass is 9.76. The van der Waals surface area contributed by atoms with E-state index in [1.807, 2.05) is 0 Å². The second-order valence-corrected chi connectivity index (χ2v) is 9.15. The van der Waals surface area contributed by atoms with Crippen molar-refractivity contribution in [1.29, 1.82) is 0 Å². The smallest absolute Gasteiger partial charge is 0.127 e. The Morgan fingerprint density at radius 3 is 1.60 bits per heavy atom. The predicted molar refractivity (Wildman–Crippen MR) is 124 cm³/mol. The van der Waals surface area contributed by atoms with Gasteiger partial charge in [-0.05, 0) is 52.4 Å². The molecule has 150 valence electrons. The van der Waals surface area contributed by atoms with E-state index in [0.29, 0.717) is 30.4 Å². The van der Waals surface area contributed by atoms with Gasteiger partial charge in [0.2, 0.25) is 0 Å². The van der Waals surface area contributed by atoms with E-state index in [9.17, 15) is 0 Å². The monoisotopic (exact) mass is 414 g/mol. The molecule has 30 heavy (non-hydrogen) atoms. The largest absolute Gasteiger partial charge is 0.492 e. The van der Waals surface area contributed by atoms with E-state index in [1.165, 1.54) is 21.5 Å². The van der Waals surface area contributed by atoms with Crippen LogP contribution in [0.25, 0.3) is 32.7 Å². The standard InChI is InChI=1S/C27H23ClO2/c28-21-13-19(14-21)20-15-29-24-11-9-17-5-1-3-7-22(17)26(24)27-23-8-4-2-6-18(23)10-12-25(27)30-16-20/h1-12,19-21H,13-16H2. The number of alkyl halides is 1. The molecule has 2 nitrogen and oxygen atoms in total. The average Bonchev–Trinajstić information content (AvgIpc) is 2.84. The summed E-state index contributed by atoms with van der Waals surface area (Å²) in [6, 6.07) is 25.6. The van der Waals surface area contributed by atoms with Crippen LogP contribution < -0.4 is 9.47 Å². The summed E-state index contributed by atoms with van der Waals surface area (Å²) in [4.78, 5) is 0. The Morgan fingerprint density at radius 2 is 1.10 bits per heavy atom. The van der Waals surface area contributed by atoms with E-state index in [1.54, 1.807) is 0 Å². The van der Waals surface area contributed by atoms with Gasteiger partial charge in [-0.25, -0.2) is 0 Å². The maximum Gasteiger partial charge on any atom is 0.127 e. The molecule has 4 aromatic carbocycles. The van der Waals surface area contributed by atoms with Gasteiger partial charge in [-0.3, -0.25) is 0 Å². The van der Waals surface area contributed by atoms with Gasteiger partial charge in [-0.1, -0.05) is 60.7 Å². The molecular formula is C27H23ClO2. The maximum absolute atomic E-state index is 6.50. The summed E-state index contributed by atoms with van der Waals surface area (Å²) in [7, 11) is 0. The van der Waals surface area contributed by atoms with Crippen molar-refractivity contribution >= 4 is 33.1 Å². The number of halogens is 1. The van der Waals surface area contributed by atoms with Crippen molar-refractivity contribution in [2.24, 2.45) is 11.8 Å². The lowest BCUT2D eigenvalue weighted by molar-refractivity contribution is 0.0932. The second-order valence-electron chi connectivity index (χ2n) is 8.53. The van der Waals surface area contributed by atoms with Crippen LogP contribution in [0, 0.1) is 11.8 Å². The van der Waals surface area contributed by atoms with Gasteiger partial charge in [-0.2, -0.15) is 0 Å². The van der Waals surface area contributed by atoms with Crippen molar-refractivity contribution in [2.45, 2.75) is 18.2 Å². The molecule has 1 aliphatic heterocycles. The van der Waals surface area contributed by atoms with Crippen molar-refractivity contribution in [2.75, 3.05) is 13.2 Å². The molecule has 1 fully saturated rings. The van der Waals surface area contributed by atoms with Gasteiger partial charge in [-0.15, -0.1) is 11.6 Å². The van der Waals surface area contributed by atoms with Gasteiger partial charge in [0.1, 0.15) is 11.5 Å². The van der Waals surface area contributed by atoms with Crippen LogP contribution in [0.1, 0.15) is 12.8 Å². The molecule has 4 aromatic rings. The molecule has 1 heterocycles. The first kappa shape index (κ1) is 18.1. The van der Waals surface area contributed by atoms with Crippen LogP contribution in [0.2, 0.25) is 0 Å². The molecule has 1 aliphatic carbocycles. The maximum atomic E-state index is 6.50.